The summed E-state index contributed by atoms with van der Waals surface area (Å²) in [5.74, 6) is 0.574. The molecule has 2 heterocycles. The normalized spacial score (nSPS) is 26.8. The molecule has 2 aliphatic rings. The third kappa shape index (κ3) is 3.07. The molecule has 0 spiro atoms. The summed E-state index contributed by atoms with van der Waals surface area (Å²) >= 11 is 1.56. The molecule has 1 saturated heterocycles. The Hall–Kier alpha value is -0.910. The highest BCUT2D eigenvalue weighted by Gasteiger charge is 2.34. The summed E-state index contributed by atoms with van der Waals surface area (Å²) in [5.41, 5.74) is 1.17. The fourth-order valence-corrected chi connectivity index (χ4v) is 4.72. The number of aliphatic hydroxyl groups excluding tert-OH is 1. The van der Waals surface area contributed by atoms with E-state index in [1.54, 1.807) is 11.3 Å². The van der Waals surface area contributed by atoms with E-state index in [1.807, 2.05) is 10.3 Å². The van der Waals surface area contributed by atoms with Crippen LogP contribution in [0.4, 0.5) is 0 Å². The van der Waals surface area contributed by atoms with E-state index in [0.29, 0.717) is 12.0 Å². The molecule has 1 aliphatic carbocycles. The average Bonchev–Trinajstić information content (AvgIpc) is 3.15. The van der Waals surface area contributed by atoms with Crippen LogP contribution < -0.4 is 0 Å². The Bertz CT molecular complexity index is 520. The van der Waals surface area contributed by atoms with Gasteiger partial charge in [0.15, 0.2) is 0 Å². The van der Waals surface area contributed by atoms with Crippen molar-refractivity contribution >= 4 is 17.2 Å². The largest absolute Gasteiger partial charge is 0.391 e. The second-order valence-electron chi connectivity index (χ2n) is 6.75. The molecular formula is C17H26N2O2S. The summed E-state index contributed by atoms with van der Waals surface area (Å²) in [7, 11) is 0. The molecule has 122 valence electrons. The molecule has 0 aromatic carbocycles. The summed E-state index contributed by atoms with van der Waals surface area (Å²) in [6, 6.07) is 2.39. The number of aliphatic hydroxyl groups is 1. The second kappa shape index (κ2) is 6.69. The van der Waals surface area contributed by atoms with Gasteiger partial charge in [-0.25, -0.2) is 0 Å². The fourth-order valence-electron chi connectivity index (χ4n) is 3.69. The van der Waals surface area contributed by atoms with Crippen molar-refractivity contribution < 1.29 is 9.90 Å². The van der Waals surface area contributed by atoms with Crippen molar-refractivity contribution in [3.05, 3.63) is 21.9 Å². The first-order chi connectivity index (χ1) is 10.6. The molecule has 3 rings (SSSR count). The molecule has 1 aliphatic heterocycles. The van der Waals surface area contributed by atoms with Gasteiger partial charge >= 0.3 is 0 Å². The molecule has 0 radical (unpaired) electrons. The van der Waals surface area contributed by atoms with Crippen LogP contribution in [0.25, 0.3) is 0 Å². The molecule has 1 amide bonds. The first-order valence-corrected chi connectivity index (χ1v) is 9.24. The number of rotatable bonds is 3. The van der Waals surface area contributed by atoms with Crippen LogP contribution in [0.1, 0.15) is 54.3 Å². The second-order valence-corrected chi connectivity index (χ2v) is 7.67. The van der Waals surface area contributed by atoms with Crippen molar-refractivity contribution in [2.75, 3.05) is 26.2 Å². The fraction of sp³-hybridized carbons (Fsp3) is 0.706. The Morgan fingerprint density at radius 3 is 2.59 bits per heavy atom. The predicted octanol–water partition coefficient (Wildman–Crippen LogP) is 2.54. The van der Waals surface area contributed by atoms with E-state index < -0.39 is 0 Å². The Morgan fingerprint density at radius 2 is 2.00 bits per heavy atom. The zero-order valence-corrected chi connectivity index (χ0v) is 14.3. The van der Waals surface area contributed by atoms with Crippen LogP contribution in [-0.2, 0) is 0 Å². The Kier molecular flexibility index (Phi) is 4.85. The number of hydrogen-bond donors (Lipinski definition) is 1. The van der Waals surface area contributed by atoms with Crippen molar-refractivity contribution in [3.8, 4) is 0 Å². The van der Waals surface area contributed by atoms with Crippen LogP contribution in [0.15, 0.2) is 11.4 Å². The van der Waals surface area contributed by atoms with E-state index >= 15 is 0 Å². The lowest BCUT2D eigenvalue weighted by molar-refractivity contribution is 0.0317. The van der Waals surface area contributed by atoms with Crippen molar-refractivity contribution in [1.29, 1.82) is 0 Å². The summed E-state index contributed by atoms with van der Waals surface area (Å²) in [6.45, 7) is 7.59. The van der Waals surface area contributed by atoms with Crippen molar-refractivity contribution in [3.63, 3.8) is 0 Å². The molecule has 2 atom stereocenters. The van der Waals surface area contributed by atoms with Crippen LogP contribution in [0.3, 0.4) is 0 Å². The Balaban J connectivity index is 1.61. The van der Waals surface area contributed by atoms with Gasteiger partial charge in [-0.1, -0.05) is 13.8 Å². The van der Waals surface area contributed by atoms with Gasteiger partial charge in [0.1, 0.15) is 0 Å². The lowest BCUT2D eigenvalue weighted by atomic mass is 10.0. The van der Waals surface area contributed by atoms with Crippen molar-refractivity contribution in [2.45, 2.75) is 51.2 Å². The maximum Gasteiger partial charge on any atom is 0.264 e. The highest BCUT2D eigenvalue weighted by molar-refractivity contribution is 7.12. The van der Waals surface area contributed by atoms with E-state index in [2.05, 4.69) is 24.8 Å². The molecule has 1 N–H and O–H groups in total. The van der Waals surface area contributed by atoms with E-state index in [4.69, 9.17) is 0 Å². The zero-order valence-electron chi connectivity index (χ0n) is 13.5. The minimum Gasteiger partial charge on any atom is -0.391 e. The van der Waals surface area contributed by atoms with Crippen LogP contribution in [-0.4, -0.2) is 59.1 Å². The van der Waals surface area contributed by atoms with Gasteiger partial charge in [-0.05, 0) is 42.2 Å². The summed E-state index contributed by atoms with van der Waals surface area (Å²) in [4.78, 5) is 18.0. The molecule has 1 aromatic rings. The van der Waals surface area contributed by atoms with Gasteiger partial charge in [0, 0.05) is 32.2 Å². The van der Waals surface area contributed by atoms with Gasteiger partial charge in [-0.15, -0.1) is 11.3 Å². The van der Waals surface area contributed by atoms with E-state index in [0.717, 1.165) is 50.3 Å². The highest BCUT2D eigenvalue weighted by atomic mass is 32.1. The van der Waals surface area contributed by atoms with Crippen LogP contribution in [0.5, 0.6) is 0 Å². The highest BCUT2D eigenvalue weighted by Crippen LogP contribution is 2.28. The van der Waals surface area contributed by atoms with Crippen molar-refractivity contribution in [2.24, 2.45) is 0 Å². The van der Waals surface area contributed by atoms with Crippen LogP contribution >= 0.6 is 11.3 Å². The van der Waals surface area contributed by atoms with E-state index in [9.17, 15) is 9.90 Å². The average molecular weight is 322 g/mol. The SMILES string of the molecule is CC(C)c1ccsc1C(=O)N1CCN([C@@H]2CCC[C@@H]2O)CC1. The third-order valence-corrected chi connectivity index (χ3v) is 5.94. The standard InChI is InChI=1S/C17H26N2O2S/c1-12(2)13-6-11-22-16(13)17(21)19-9-7-18(8-10-19)14-4-3-5-15(14)20/h6,11-12,14-15,20H,3-5,7-10H2,1-2H3/t14-,15+/m1/s1. The summed E-state index contributed by atoms with van der Waals surface area (Å²) in [6.07, 6.45) is 2.97. The predicted molar refractivity (Wildman–Crippen MR) is 89.5 cm³/mol. The summed E-state index contributed by atoms with van der Waals surface area (Å²) in [5, 5.41) is 12.1. The van der Waals surface area contributed by atoms with Gasteiger partial charge in [-0.3, -0.25) is 9.69 Å². The molecule has 0 unspecified atom stereocenters. The third-order valence-electron chi connectivity index (χ3n) is 5.03. The van der Waals surface area contributed by atoms with E-state index in [-0.39, 0.29) is 12.0 Å². The smallest absolute Gasteiger partial charge is 0.264 e. The monoisotopic (exact) mass is 322 g/mol. The first kappa shape index (κ1) is 16.0. The molecular weight excluding hydrogens is 296 g/mol. The minimum atomic E-state index is -0.174. The molecule has 4 nitrogen and oxygen atoms in total. The molecule has 22 heavy (non-hydrogen) atoms. The Labute approximate surface area is 136 Å². The number of thiophene rings is 1. The topological polar surface area (TPSA) is 43.8 Å². The number of piperazine rings is 1. The molecule has 2 fully saturated rings. The number of carbonyl (C=O) groups excluding carboxylic acids is 1. The van der Waals surface area contributed by atoms with Gasteiger partial charge < -0.3 is 10.0 Å². The van der Waals surface area contributed by atoms with Gasteiger partial charge in [0.2, 0.25) is 0 Å². The number of hydrogen-bond acceptors (Lipinski definition) is 4. The maximum atomic E-state index is 12.7. The summed E-state index contributed by atoms with van der Waals surface area (Å²) < 4.78 is 0. The van der Waals surface area contributed by atoms with E-state index in [1.165, 1.54) is 5.56 Å². The quantitative estimate of drug-likeness (QED) is 0.930. The zero-order chi connectivity index (χ0) is 15.7. The Morgan fingerprint density at radius 1 is 1.27 bits per heavy atom. The number of nitrogens with zero attached hydrogens (tertiary/aromatic N) is 2. The lowest BCUT2D eigenvalue weighted by Crippen LogP contribution is -2.53. The van der Waals surface area contributed by atoms with Gasteiger partial charge in [0.05, 0.1) is 11.0 Å². The van der Waals surface area contributed by atoms with Crippen molar-refractivity contribution in [1.82, 2.24) is 9.80 Å². The van der Waals surface area contributed by atoms with Gasteiger partial charge in [-0.2, -0.15) is 0 Å². The molecule has 1 aromatic heterocycles. The molecule has 5 heteroatoms. The number of carbonyl (C=O) groups is 1. The molecule has 0 bridgehead atoms. The maximum absolute atomic E-state index is 12.7. The van der Waals surface area contributed by atoms with Crippen LogP contribution in [0.2, 0.25) is 0 Å². The van der Waals surface area contributed by atoms with Crippen LogP contribution in [0, 0.1) is 0 Å². The lowest BCUT2D eigenvalue weighted by Gasteiger charge is -2.39. The first-order valence-electron chi connectivity index (χ1n) is 8.36. The molecule has 1 saturated carbocycles. The minimum absolute atomic E-state index is 0.174. The number of amides is 1. The van der Waals surface area contributed by atoms with Gasteiger partial charge in [0.25, 0.3) is 5.91 Å².